The normalized spacial score (nSPS) is 22.6. The van der Waals surface area contributed by atoms with E-state index in [1.807, 2.05) is 20.8 Å². The van der Waals surface area contributed by atoms with Gasteiger partial charge in [0.25, 0.3) is 0 Å². The maximum Gasteiger partial charge on any atom is 0.407 e. The molecule has 0 unspecified atom stereocenters. The Labute approximate surface area is 119 Å². The predicted molar refractivity (Wildman–Crippen MR) is 74.4 cm³/mol. The Kier molecular flexibility index (Phi) is 5.89. The molecule has 0 bridgehead atoms. The number of rotatable bonds is 4. The van der Waals surface area contributed by atoms with Crippen molar-refractivity contribution in [3.05, 3.63) is 5.53 Å². The summed E-state index contributed by atoms with van der Waals surface area (Å²) in [5, 5.41) is 2.77. The van der Waals surface area contributed by atoms with Crippen LogP contribution < -0.4 is 5.32 Å². The first kappa shape index (κ1) is 16.4. The lowest BCUT2D eigenvalue weighted by Gasteiger charge is -2.27. The summed E-state index contributed by atoms with van der Waals surface area (Å²) >= 11 is 0. The monoisotopic (exact) mass is 281 g/mol. The summed E-state index contributed by atoms with van der Waals surface area (Å²) in [6.07, 6.45) is 3.88. The molecule has 1 rings (SSSR count). The van der Waals surface area contributed by atoms with Gasteiger partial charge in [0.2, 0.25) is 5.78 Å². The van der Waals surface area contributed by atoms with E-state index in [4.69, 9.17) is 10.3 Å². The van der Waals surface area contributed by atoms with Gasteiger partial charge in [0, 0.05) is 12.5 Å². The molecule has 0 atom stereocenters. The number of nitrogens with one attached hydrogen (secondary N) is 1. The molecule has 0 spiro atoms. The fourth-order valence-electron chi connectivity index (χ4n) is 2.36. The lowest BCUT2D eigenvalue weighted by Crippen LogP contribution is -2.36. The van der Waals surface area contributed by atoms with E-state index in [0.29, 0.717) is 12.5 Å². The summed E-state index contributed by atoms with van der Waals surface area (Å²) in [5.41, 5.74) is 7.86. The first-order valence-electron chi connectivity index (χ1n) is 7.00. The lowest BCUT2D eigenvalue weighted by molar-refractivity contribution is -0.120. The van der Waals surface area contributed by atoms with E-state index >= 15 is 0 Å². The first-order chi connectivity index (χ1) is 9.31. The molecule has 20 heavy (non-hydrogen) atoms. The van der Waals surface area contributed by atoms with E-state index in [9.17, 15) is 9.59 Å². The van der Waals surface area contributed by atoms with Gasteiger partial charge in [-0.2, -0.15) is 4.79 Å². The molecule has 112 valence electrons. The topological polar surface area (TPSA) is 91.8 Å². The van der Waals surface area contributed by atoms with Crippen molar-refractivity contribution in [1.29, 1.82) is 0 Å². The molecular weight excluding hydrogens is 258 g/mol. The Bertz CT molecular complexity index is 400. The quantitative estimate of drug-likeness (QED) is 0.486. The van der Waals surface area contributed by atoms with Crippen molar-refractivity contribution in [2.24, 2.45) is 11.8 Å². The van der Waals surface area contributed by atoms with Gasteiger partial charge < -0.3 is 15.6 Å². The van der Waals surface area contributed by atoms with Crippen molar-refractivity contribution in [2.75, 3.05) is 6.54 Å². The lowest BCUT2D eigenvalue weighted by atomic mass is 9.80. The van der Waals surface area contributed by atoms with Gasteiger partial charge in [0.15, 0.2) is 0 Å². The summed E-state index contributed by atoms with van der Waals surface area (Å²) in [5.74, 6) is 0.201. The maximum atomic E-state index is 11.5. The zero-order valence-electron chi connectivity index (χ0n) is 12.4. The SMILES string of the molecule is CC(C)(C)OC(=O)NCC1CCC(C(=O)C=[N+]=[N-])CC1. The zero-order valence-corrected chi connectivity index (χ0v) is 12.4. The van der Waals surface area contributed by atoms with E-state index in [2.05, 4.69) is 10.1 Å². The number of ketones is 1. The predicted octanol–water partition coefficient (Wildman–Crippen LogP) is 2.19. The molecule has 6 heteroatoms. The number of ether oxygens (including phenoxy) is 1. The Hall–Kier alpha value is -1.68. The van der Waals surface area contributed by atoms with Crippen LogP contribution in [0.1, 0.15) is 46.5 Å². The number of nitrogens with zero attached hydrogens (tertiary/aromatic N) is 2. The summed E-state index contributed by atoms with van der Waals surface area (Å²) in [7, 11) is 0. The number of amides is 1. The highest BCUT2D eigenvalue weighted by Crippen LogP contribution is 2.28. The molecule has 1 amide bonds. The molecule has 1 N–H and O–H groups in total. The van der Waals surface area contributed by atoms with Gasteiger partial charge in [-0.3, -0.25) is 4.79 Å². The van der Waals surface area contributed by atoms with Crippen molar-refractivity contribution in [2.45, 2.75) is 52.1 Å². The van der Waals surface area contributed by atoms with Gasteiger partial charge in [-0.05, 0) is 52.4 Å². The minimum Gasteiger partial charge on any atom is -0.444 e. The zero-order chi connectivity index (χ0) is 15.2. The van der Waals surface area contributed by atoms with Crippen molar-refractivity contribution in [3.63, 3.8) is 0 Å². The van der Waals surface area contributed by atoms with Gasteiger partial charge in [0.05, 0.1) is 0 Å². The average molecular weight is 281 g/mol. The number of hydrogen-bond acceptors (Lipinski definition) is 3. The second kappa shape index (κ2) is 7.20. The Balaban J connectivity index is 2.28. The van der Waals surface area contributed by atoms with Crippen LogP contribution in [0.5, 0.6) is 0 Å². The first-order valence-corrected chi connectivity index (χ1v) is 7.00. The van der Waals surface area contributed by atoms with E-state index in [1.54, 1.807) is 0 Å². The van der Waals surface area contributed by atoms with Crippen LogP contribution >= 0.6 is 0 Å². The highest BCUT2D eigenvalue weighted by molar-refractivity contribution is 6.26. The minimum atomic E-state index is -0.488. The average Bonchev–Trinajstić information content (AvgIpc) is 2.35. The van der Waals surface area contributed by atoms with Crippen LogP contribution in [0.4, 0.5) is 4.79 Å². The third-order valence-electron chi connectivity index (χ3n) is 3.37. The largest absolute Gasteiger partial charge is 0.444 e. The van der Waals surface area contributed by atoms with Crippen LogP contribution in [0.25, 0.3) is 5.53 Å². The molecule has 1 aliphatic rings. The van der Waals surface area contributed by atoms with E-state index < -0.39 is 11.7 Å². The summed E-state index contributed by atoms with van der Waals surface area (Å²) < 4.78 is 5.17. The van der Waals surface area contributed by atoms with Gasteiger partial charge in [-0.1, -0.05) is 0 Å². The second-order valence-electron chi connectivity index (χ2n) is 6.25. The van der Waals surface area contributed by atoms with Gasteiger partial charge >= 0.3 is 12.3 Å². The van der Waals surface area contributed by atoms with Crippen molar-refractivity contribution >= 4 is 18.1 Å². The Morgan fingerprint density at radius 3 is 2.40 bits per heavy atom. The second-order valence-corrected chi connectivity index (χ2v) is 6.25. The van der Waals surface area contributed by atoms with Gasteiger partial charge in [-0.25, -0.2) is 4.79 Å². The molecule has 0 heterocycles. The molecule has 6 nitrogen and oxygen atoms in total. The van der Waals surface area contributed by atoms with Crippen LogP contribution in [0.2, 0.25) is 0 Å². The summed E-state index contributed by atoms with van der Waals surface area (Å²) in [6.45, 7) is 6.05. The number of hydrogen-bond donors (Lipinski definition) is 1. The number of Topliss-reactive ketones (excluding diaryl/α,β-unsaturated/α-hetero) is 1. The minimum absolute atomic E-state index is 0.0522. The van der Waals surface area contributed by atoms with E-state index in [1.165, 1.54) is 0 Å². The van der Waals surface area contributed by atoms with Gasteiger partial charge in [0.1, 0.15) is 5.60 Å². The third-order valence-corrected chi connectivity index (χ3v) is 3.37. The fraction of sp³-hybridized carbons (Fsp3) is 0.786. The highest BCUT2D eigenvalue weighted by atomic mass is 16.6. The molecule has 1 saturated carbocycles. The standard InChI is InChI=1S/C14H23N3O3/c1-14(2,3)20-13(19)16-8-10-4-6-11(7-5-10)12(18)9-17-15/h9-11H,4-8H2,1-3H3,(H,16,19). The van der Waals surface area contributed by atoms with Crippen molar-refractivity contribution < 1.29 is 19.1 Å². The van der Waals surface area contributed by atoms with Crippen molar-refractivity contribution in [3.8, 4) is 0 Å². The molecular formula is C14H23N3O3. The number of carbonyl (C=O) groups excluding carboxylic acids is 2. The molecule has 0 aromatic carbocycles. The number of carbonyl (C=O) groups is 2. The molecule has 0 aromatic heterocycles. The Morgan fingerprint density at radius 1 is 1.30 bits per heavy atom. The van der Waals surface area contributed by atoms with Gasteiger partial charge in [-0.15, -0.1) is 0 Å². The smallest absolute Gasteiger partial charge is 0.407 e. The van der Waals surface area contributed by atoms with E-state index in [-0.39, 0.29) is 11.7 Å². The summed E-state index contributed by atoms with van der Waals surface area (Å²) in [4.78, 5) is 25.8. The van der Waals surface area contributed by atoms with Crippen LogP contribution in [0.15, 0.2) is 0 Å². The maximum absolute atomic E-state index is 11.5. The van der Waals surface area contributed by atoms with Crippen molar-refractivity contribution in [1.82, 2.24) is 5.32 Å². The molecule has 1 aliphatic carbocycles. The molecule has 0 aliphatic heterocycles. The summed E-state index contributed by atoms with van der Waals surface area (Å²) in [6, 6.07) is 0. The Morgan fingerprint density at radius 2 is 1.90 bits per heavy atom. The van der Waals surface area contributed by atoms with E-state index in [0.717, 1.165) is 31.9 Å². The van der Waals surface area contributed by atoms with Crippen LogP contribution in [0.3, 0.4) is 0 Å². The van der Waals surface area contributed by atoms with Crippen LogP contribution in [-0.2, 0) is 9.53 Å². The molecule has 1 fully saturated rings. The number of alkyl carbamates (subject to hydrolysis) is 1. The molecule has 0 aromatic rings. The fourth-order valence-corrected chi connectivity index (χ4v) is 2.36. The highest BCUT2D eigenvalue weighted by Gasteiger charge is 2.27. The molecule has 0 saturated heterocycles. The van der Waals surface area contributed by atoms with Crippen LogP contribution in [0, 0.1) is 11.8 Å². The van der Waals surface area contributed by atoms with Crippen LogP contribution in [-0.4, -0.2) is 35.0 Å². The molecule has 0 radical (unpaired) electrons. The third kappa shape index (κ3) is 5.97.